The van der Waals surface area contributed by atoms with Crippen molar-refractivity contribution in [3.05, 3.63) is 58.5 Å². The van der Waals surface area contributed by atoms with Crippen LogP contribution in [-0.2, 0) is 6.54 Å². The smallest absolute Gasteiger partial charge is 0.194 e. The Morgan fingerprint density at radius 3 is 2.76 bits per heavy atom. The van der Waals surface area contributed by atoms with Gasteiger partial charge >= 0.3 is 0 Å². The Labute approximate surface area is 129 Å². The normalized spacial score (nSPS) is 17.5. The Balaban J connectivity index is 1.63. The number of hydrogen-bond donors (Lipinski definition) is 1. The van der Waals surface area contributed by atoms with Crippen LogP contribution in [0.3, 0.4) is 0 Å². The zero-order chi connectivity index (χ0) is 14.8. The average Bonchev–Trinajstić information content (AvgIpc) is 3.10. The zero-order valence-electron chi connectivity index (χ0n) is 12.1. The lowest BCUT2D eigenvalue weighted by Crippen LogP contribution is -2.36. The Bertz CT molecular complexity index is 648. The van der Waals surface area contributed by atoms with Gasteiger partial charge < -0.3 is 14.6 Å². The lowest BCUT2D eigenvalue weighted by Gasteiger charge is -2.21. The molecule has 0 amide bonds. The van der Waals surface area contributed by atoms with Crippen molar-refractivity contribution < 1.29 is 4.42 Å². The number of hydrogen-bond acceptors (Lipinski definition) is 4. The highest BCUT2D eigenvalue weighted by molar-refractivity contribution is 6.30. The molecule has 4 nitrogen and oxygen atoms in total. The highest BCUT2D eigenvalue weighted by Gasteiger charge is 2.22. The molecule has 1 aromatic carbocycles. The van der Waals surface area contributed by atoms with Crippen molar-refractivity contribution in [3.63, 3.8) is 0 Å². The number of nitrogens with one attached hydrogen (secondary N) is 1. The van der Waals surface area contributed by atoms with Crippen LogP contribution in [0.25, 0.3) is 0 Å². The minimum Gasteiger partial charge on any atom is -0.469 e. The molecule has 1 aromatic heterocycles. The lowest BCUT2D eigenvalue weighted by atomic mass is 10.1. The van der Waals surface area contributed by atoms with Crippen molar-refractivity contribution in [2.45, 2.75) is 19.5 Å². The molecular weight excluding hydrogens is 286 g/mol. The SMILES string of the molecule is Cc1occc1CN(C)C1=NCC(c2ccc(Cl)cc2)N1. The minimum atomic E-state index is 0.213. The van der Waals surface area contributed by atoms with Gasteiger partial charge in [0.1, 0.15) is 5.76 Å². The van der Waals surface area contributed by atoms with E-state index in [9.17, 15) is 0 Å². The van der Waals surface area contributed by atoms with E-state index in [1.165, 1.54) is 11.1 Å². The van der Waals surface area contributed by atoms with E-state index in [1.54, 1.807) is 6.26 Å². The van der Waals surface area contributed by atoms with Crippen LogP contribution in [0.2, 0.25) is 5.02 Å². The Morgan fingerprint density at radius 1 is 1.33 bits per heavy atom. The maximum atomic E-state index is 5.93. The van der Waals surface area contributed by atoms with E-state index in [2.05, 4.69) is 15.2 Å². The molecule has 0 aliphatic carbocycles. The summed E-state index contributed by atoms with van der Waals surface area (Å²) < 4.78 is 5.33. The molecule has 0 radical (unpaired) electrons. The molecule has 1 aliphatic heterocycles. The van der Waals surface area contributed by atoms with Crippen molar-refractivity contribution in [3.8, 4) is 0 Å². The van der Waals surface area contributed by atoms with Crippen LogP contribution in [0.5, 0.6) is 0 Å². The minimum absolute atomic E-state index is 0.213. The predicted octanol–water partition coefficient (Wildman–Crippen LogP) is 3.37. The predicted molar refractivity (Wildman–Crippen MR) is 84.5 cm³/mol. The van der Waals surface area contributed by atoms with Gasteiger partial charge in [-0.25, -0.2) is 0 Å². The van der Waals surface area contributed by atoms with Gasteiger partial charge in [0, 0.05) is 24.2 Å². The first-order valence-electron chi connectivity index (χ1n) is 6.94. The largest absolute Gasteiger partial charge is 0.469 e. The van der Waals surface area contributed by atoms with Crippen molar-refractivity contribution >= 4 is 17.6 Å². The second-order valence-corrected chi connectivity index (χ2v) is 5.71. The van der Waals surface area contributed by atoms with E-state index in [0.717, 1.165) is 29.8 Å². The van der Waals surface area contributed by atoms with Crippen molar-refractivity contribution in [2.24, 2.45) is 4.99 Å². The quantitative estimate of drug-likeness (QED) is 0.945. The summed E-state index contributed by atoms with van der Waals surface area (Å²) in [5, 5.41) is 4.22. The number of nitrogens with zero attached hydrogens (tertiary/aromatic N) is 2. The topological polar surface area (TPSA) is 40.8 Å². The van der Waals surface area contributed by atoms with Crippen molar-refractivity contribution in [1.82, 2.24) is 10.2 Å². The summed E-state index contributed by atoms with van der Waals surface area (Å²) >= 11 is 5.93. The van der Waals surface area contributed by atoms with Gasteiger partial charge in [0.05, 0.1) is 18.8 Å². The number of guanidine groups is 1. The molecular formula is C16H18ClN3O. The first-order valence-corrected chi connectivity index (χ1v) is 7.32. The first kappa shape index (κ1) is 14.0. The van der Waals surface area contributed by atoms with Gasteiger partial charge in [-0.1, -0.05) is 23.7 Å². The van der Waals surface area contributed by atoms with Crippen LogP contribution in [0, 0.1) is 6.92 Å². The van der Waals surface area contributed by atoms with Crippen LogP contribution in [0.1, 0.15) is 22.9 Å². The number of aryl methyl sites for hydroxylation is 1. The molecule has 0 spiro atoms. The molecule has 0 saturated heterocycles. The summed E-state index contributed by atoms with van der Waals surface area (Å²) in [6.45, 7) is 3.50. The number of rotatable bonds is 3. The maximum Gasteiger partial charge on any atom is 0.194 e. The summed E-state index contributed by atoms with van der Waals surface area (Å²) in [6.07, 6.45) is 1.72. The summed E-state index contributed by atoms with van der Waals surface area (Å²) in [5.41, 5.74) is 2.38. The van der Waals surface area contributed by atoms with E-state index >= 15 is 0 Å². The summed E-state index contributed by atoms with van der Waals surface area (Å²) in [4.78, 5) is 6.70. The van der Waals surface area contributed by atoms with Gasteiger partial charge in [-0.2, -0.15) is 0 Å². The van der Waals surface area contributed by atoms with Gasteiger partial charge in [0.2, 0.25) is 0 Å². The van der Waals surface area contributed by atoms with Gasteiger partial charge in [-0.3, -0.25) is 4.99 Å². The number of halogens is 1. The molecule has 5 heteroatoms. The standard InChI is InChI=1S/C16H18ClN3O/c1-11-13(7-8-21-11)10-20(2)16-18-9-15(19-16)12-3-5-14(17)6-4-12/h3-8,15H,9-10H2,1-2H3,(H,18,19). The fourth-order valence-electron chi connectivity index (χ4n) is 2.45. The first-order chi connectivity index (χ1) is 10.1. The van der Waals surface area contributed by atoms with E-state index in [0.29, 0.717) is 0 Å². The number of aliphatic imine (C=N–C) groups is 1. The second kappa shape index (κ2) is 5.82. The number of furan rings is 1. The molecule has 2 heterocycles. The number of benzene rings is 1. The van der Waals surface area contributed by atoms with Crippen LogP contribution in [0.15, 0.2) is 46.0 Å². The molecule has 1 N–H and O–H groups in total. The van der Waals surface area contributed by atoms with Gasteiger partial charge in [0.25, 0.3) is 0 Å². The van der Waals surface area contributed by atoms with Gasteiger partial charge in [-0.05, 0) is 30.7 Å². The van der Waals surface area contributed by atoms with Crippen LogP contribution >= 0.6 is 11.6 Å². The molecule has 0 bridgehead atoms. The molecule has 0 saturated carbocycles. The van der Waals surface area contributed by atoms with Gasteiger partial charge in [0.15, 0.2) is 5.96 Å². The van der Waals surface area contributed by atoms with Crippen molar-refractivity contribution in [1.29, 1.82) is 0 Å². The Hall–Kier alpha value is -1.94. The third kappa shape index (κ3) is 3.05. The summed E-state index contributed by atoms with van der Waals surface area (Å²) in [6, 6.07) is 10.1. The van der Waals surface area contributed by atoms with Gasteiger partial charge in [-0.15, -0.1) is 0 Å². The van der Waals surface area contributed by atoms with E-state index in [1.807, 2.05) is 44.3 Å². The van der Waals surface area contributed by atoms with E-state index in [-0.39, 0.29) is 6.04 Å². The molecule has 1 unspecified atom stereocenters. The average molecular weight is 304 g/mol. The third-order valence-corrected chi connectivity index (χ3v) is 3.99. The highest BCUT2D eigenvalue weighted by Crippen LogP contribution is 2.21. The third-order valence-electron chi connectivity index (χ3n) is 3.73. The molecule has 1 aliphatic rings. The van der Waals surface area contributed by atoms with E-state index < -0.39 is 0 Å². The fourth-order valence-corrected chi connectivity index (χ4v) is 2.57. The zero-order valence-corrected chi connectivity index (χ0v) is 12.9. The molecule has 110 valence electrons. The molecule has 1 atom stereocenters. The van der Waals surface area contributed by atoms with Crippen LogP contribution in [0.4, 0.5) is 0 Å². The van der Waals surface area contributed by atoms with Crippen molar-refractivity contribution in [2.75, 3.05) is 13.6 Å². The molecule has 0 fully saturated rings. The van der Waals surface area contributed by atoms with E-state index in [4.69, 9.17) is 16.0 Å². The molecule has 3 rings (SSSR count). The lowest BCUT2D eigenvalue weighted by molar-refractivity contribution is 0.466. The monoisotopic (exact) mass is 303 g/mol. The highest BCUT2D eigenvalue weighted by atomic mass is 35.5. The Morgan fingerprint density at radius 2 is 2.10 bits per heavy atom. The Kier molecular flexibility index (Phi) is 3.88. The second-order valence-electron chi connectivity index (χ2n) is 5.27. The van der Waals surface area contributed by atoms with Crippen LogP contribution in [-0.4, -0.2) is 24.5 Å². The summed E-state index contributed by atoms with van der Waals surface area (Å²) in [5.74, 6) is 1.87. The molecule has 2 aromatic rings. The summed E-state index contributed by atoms with van der Waals surface area (Å²) in [7, 11) is 2.03. The maximum absolute atomic E-state index is 5.93. The van der Waals surface area contributed by atoms with Crippen LogP contribution < -0.4 is 5.32 Å². The molecule has 21 heavy (non-hydrogen) atoms. The fraction of sp³-hybridized carbons (Fsp3) is 0.312.